The molecule has 7 aliphatic carbocycles. The minimum absolute atomic E-state index is 1.05. The van der Waals surface area contributed by atoms with Crippen molar-refractivity contribution in [2.45, 2.75) is 78.1 Å². The molecule has 0 N–H and O–H groups in total. The van der Waals surface area contributed by atoms with Gasteiger partial charge in [-0.2, -0.15) is 0 Å². The molecule has 0 aromatic rings. The first kappa shape index (κ1) is 15.9. The summed E-state index contributed by atoms with van der Waals surface area (Å²) >= 11 is 0. The molecule has 144 valence electrons. The Morgan fingerprint density at radius 2 is 0.769 bits per heavy atom. The zero-order chi connectivity index (χ0) is 17.2. The SMILES string of the molecule is CC1CC2C3CCC4CCC5CCC(C6CC(C)C7CCC1C7C26)C3C45. The summed E-state index contributed by atoms with van der Waals surface area (Å²) in [5.41, 5.74) is 0. The smallest absolute Gasteiger partial charge is 0.0318 e. The number of hydrogen-bond donors (Lipinski definition) is 0. The second kappa shape index (κ2) is 5.33. The van der Waals surface area contributed by atoms with E-state index in [4.69, 9.17) is 0 Å². The quantitative estimate of drug-likeness (QED) is 0.458. The third kappa shape index (κ3) is 1.80. The van der Waals surface area contributed by atoms with E-state index in [9.17, 15) is 0 Å². The summed E-state index contributed by atoms with van der Waals surface area (Å²) in [6.07, 6.45) is 16.3. The van der Waals surface area contributed by atoms with Crippen LogP contribution in [0.15, 0.2) is 0 Å². The van der Waals surface area contributed by atoms with Crippen molar-refractivity contribution >= 4 is 0 Å². The summed E-state index contributed by atoms with van der Waals surface area (Å²) < 4.78 is 0. The van der Waals surface area contributed by atoms with Crippen molar-refractivity contribution in [3.63, 3.8) is 0 Å². The largest absolute Gasteiger partial charge is 0.0622 e. The van der Waals surface area contributed by atoms with E-state index in [0.29, 0.717) is 0 Å². The molecule has 7 saturated carbocycles. The zero-order valence-corrected chi connectivity index (χ0v) is 17.2. The molecule has 0 amide bonds. The Labute approximate surface area is 161 Å². The zero-order valence-electron chi connectivity index (χ0n) is 17.2. The van der Waals surface area contributed by atoms with Crippen LogP contribution in [0, 0.1) is 82.9 Å². The Kier molecular flexibility index (Phi) is 3.25. The van der Waals surface area contributed by atoms with Gasteiger partial charge < -0.3 is 0 Å². The van der Waals surface area contributed by atoms with Gasteiger partial charge in [-0.3, -0.25) is 0 Å². The lowest BCUT2D eigenvalue weighted by Gasteiger charge is -2.66. The topological polar surface area (TPSA) is 0 Å². The summed E-state index contributed by atoms with van der Waals surface area (Å²) in [5, 5.41) is 0. The molecule has 10 unspecified atom stereocenters. The van der Waals surface area contributed by atoms with Crippen molar-refractivity contribution in [3.05, 3.63) is 0 Å². The molecule has 0 nitrogen and oxygen atoms in total. The molecular formula is C26H40. The van der Waals surface area contributed by atoms with Gasteiger partial charge in [0.2, 0.25) is 0 Å². The van der Waals surface area contributed by atoms with E-state index in [1.807, 2.05) is 0 Å². The van der Waals surface area contributed by atoms with Gasteiger partial charge in [-0.25, -0.2) is 0 Å². The average molecular weight is 353 g/mol. The Morgan fingerprint density at radius 1 is 0.385 bits per heavy atom. The molecule has 0 saturated heterocycles. The van der Waals surface area contributed by atoms with Gasteiger partial charge in [-0.05, 0) is 147 Å². The highest BCUT2D eigenvalue weighted by molar-refractivity contribution is 5.14. The van der Waals surface area contributed by atoms with Gasteiger partial charge in [0.25, 0.3) is 0 Å². The van der Waals surface area contributed by atoms with E-state index < -0.39 is 0 Å². The van der Waals surface area contributed by atoms with Crippen molar-refractivity contribution in [2.75, 3.05) is 0 Å². The van der Waals surface area contributed by atoms with Gasteiger partial charge in [0.15, 0.2) is 0 Å². The first-order chi connectivity index (χ1) is 12.7. The lowest BCUT2D eigenvalue weighted by molar-refractivity contribution is -0.183. The standard InChI is InChI=1S/C26H40/c1-13-11-21-19-7-5-15-3-4-16-6-8-20(25(19)23(15)16)22-12-14(2)18-10-9-17(13)24(18)26(21)22/h13-26H,3-12H2,1-2H3. The molecule has 0 bridgehead atoms. The Bertz CT molecular complexity index is 545. The summed E-state index contributed by atoms with van der Waals surface area (Å²) in [5.74, 6) is 16.1. The fourth-order valence-corrected chi connectivity index (χ4v) is 11.9. The van der Waals surface area contributed by atoms with Crippen LogP contribution < -0.4 is 0 Å². The van der Waals surface area contributed by atoms with Crippen LogP contribution in [0.3, 0.4) is 0 Å². The van der Waals surface area contributed by atoms with Crippen molar-refractivity contribution < 1.29 is 0 Å². The molecule has 7 rings (SSSR count). The van der Waals surface area contributed by atoms with Crippen LogP contribution >= 0.6 is 0 Å². The Morgan fingerprint density at radius 3 is 1.31 bits per heavy atom. The van der Waals surface area contributed by atoms with Crippen LogP contribution in [-0.4, -0.2) is 0 Å². The highest BCUT2D eigenvalue weighted by Gasteiger charge is 2.65. The number of rotatable bonds is 0. The maximum absolute atomic E-state index is 2.68. The molecule has 7 aliphatic rings. The van der Waals surface area contributed by atoms with E-state index >= 15 is 0 Å². The Hall–Kier alpha value is 0. The third-order valence-corrected chi connectivity index (χ3v) is 12.3. The summed E-state index contributed by atoms with van der Waals surface area (Å²) in [7, 11) is 0. The molecular weight excluding hydrogens is 312 g/mol. The third-order valence-electron chi connectivity index (χ3n) is 12.3. The summed E-state index contributed by atoms with van der Waals surface area (Å²) in [6.45, 7) is 5.35. The minimum Gasteiger partial charge on any atom is -0.0622 e. The summed E-state index contributed by atoms with van der Waals surface area (Å²) in [4.78, 5) is 0. The highest BCUT2D eigenvalue weighted by atomic mass is 14.7. The van der Waals surface area contributed by atoms with E-state index in [0.717, 1.165) is 53.3 Å². The van der Waals surface area contributed by atoms with Gasteiger partial charge in [-0.1, -0.05) is 13.8 Å². The number of fused-ring (bicyclic) bond motifs is 2. The highest BCUT2D eigenvalue weighted by Crippen LogP contribution is 2.72. The molecule has 26 heavy (non-hydrogen) atoms. The molecule has 0 aromatic carbocycles. The maximum Gasteiger partial charge on any atom is -0.0318 e. The van der Waals surface area contributed by atoms with E-state index in [2.05, 4.69) is 13.8 Å². The van der Waals surface area contributed by atoms with Gasteiger partial charge in [0.1, 0.15) is 0 Å². The van der Waals surface area contributed by atoms with E-state index in [1.54, 1.807) is 64.2 Å². The first-order valence-corrected chi connectivity index (χ1v) is 12.7. The molecule has 0 aromatic heterocycles. The van der Waals surface area contributed by atoms with Crippen LogP contribution in [0.1, 0.15) is 78.1 Å². The van der Waals surface area contributed by atoms with Crippen molar-refractivity contribution in [1.29, 1.82) is 0 Å². The van der Waals surface area contributed by atoms with Gasteiger partial charge in [0, 0.05) is 0 Å². The molecule has 0 aliphatic heterocycles. The fraction of sp³-hybridized carbons (Fsp3) is 1.00. The van der Waals surface area contributed by atoms with Gasteiger partial charge in [0.05, 0.1) is 0 Å². The number of hydrogen-bond acceptors (Lipinski definition) is 0. The lowest BCUT2D eigenvalue weighted by Crippen LogP contribution is -2.61. The molecule has 0 spiro atoms. The monoisotopic (exact) mass is 352 g/mol. The fourth-order valence-electron chi connectivity index (χ4n) is 11.9. The average Bonchev–Trinajstić information content (AvgIpc) is 3.27. The van der Waals surface area contributed by atoms with Crippen LogP contribution in [0.25, 0.3) is 0 Å². The maximum atomic E-state index is 2.68. The van der Waals surface area contributed by atoms with Crippen molar-refractivity contribution in [2.24, 2.45) is 82.9 Å². The molecule has 0 heteroatoms. The van der Waals surface area contributed by atoms with Crippen LogP contribution in [0.4, 0.5) is 0 Å². The van der Waals surface area contributed by atoms with E-state index in [-0.39, 0.29) is 0 Å². The van der Waals surface area contributed by atoms with Crippen molar-refractivity contribution in [3.8, 4) is 0 Å². The minimum atomic E-state index is 1.05. The lowest BCUT2D eigenvalue weighted by atomic mass is 9.38. The van der Waals surface area contributed by atoms with Crippen molar-refractivity contribution in [1.82, 2.24) is 0 Å². The Balaban J connectivity index is 1.34. The van der Waals surface area contributed by atoms with Crippen LogP contribution in [-0.2, 0) is 0 Å². The van der Waals surface area contributed by atoms with Gasteiger partial charge in [-0.15, -0.1) is 0 Å². The van der Waals surface area contributed by atoms with Crippen LogP contribution in [0.2, 0.25) is 0 Å². The normalized spacial score (nSPS) is 67.6. The first-order valence-electron chi connectivity index (χ1n) is 12.7. The molecule has 10 atom stereocenters. The molecule has 0 heterocycles. The van der Waals surface area contributed by atoms with E-state index in [1.165, 1.54) is 29.6 Å². The van der Waals surface area contributed by atoms with Gasteiger partial charge >= 0.3 is 0 Å². The second-order valence-electron chi connectivity index (χ2n) is 12.5. The predicted molar refractivity (Wildman–Crippen MR) is 106 cm³/mol. The predicted octanol–water partition coefficient (Wildman–Crippen LogP) is 6.65. The summed E-state index contributed by atoms with van der Waals surface area (Å²) in [6, 6.07) is 0. The molecule has 0 radical (unpaired) electrons. The molecule has 7 fully saturated rings. The van der Waals surface area contributed by atoms with Crippen LogP contribution in [0.5, 0.6) is 0 Å². The second-order valence-corrected chi connectivity index (χ2v) is 12.5.